The Kier molecular flexibility index (Phi) is 7.87. The zero-order valence-electron chi connectivity index (χ0n) is 23.3. The second-order valence-electron chi connectivity index (χ2n) is 10.9. The van der Waals surface area contributed by atoms with Crippen LogP contribution in [-0.2, 0) is 14.3 Å². The maximum absolute atomic E-state index is 13.4. The molecule has 6 rings (SSSR count). The Hall–Kier alpha value is -3.95. The van der Waals surface area contributed by atoms with Crippen LogP contribution in [0.5, 0.6) is 0 Å². The standard InChI is InChI=1S/C34H26Br2N2O5/c1-18-4-3-5-25-30(18)33(41)38(32(25)40)24-12-8-20(9-13-24)28-16-27(26-15-23(36)14-19(2)31(26)37-28)34(42)43-17-29(39)21-6-10-22(35)11-7-21/h3-4,6-16,18,25,30H,5,17H2,1-2H3. The van der Waals surface area contributed by atoms with Crippen LogP contribution in [0, 0.1) is 24.7 Å². The third-order valence-electron chi connectivity index (χ3n) is 8.08. The first-order chi connectivity index (χ1) is 20.6. The quantitative estimate of drug-likeness (QED) is 0.0896. The van der Waals surface area contributed by atoms with Crippen molar-refractivity contribution in [1.29, 1.82) is 0 Å². The Morgan fingerprint density at radius 1 is 0.953 bits per heavy atom. The van der Waals surface area contributed by atoms with Gasteiger partial charge in [0.25, 0.3) is 0 Å². The lowest BCUT2D eigenvalue weighted by molar-refractivity contribution is -0.122. The average molecular weight is 702 g/mol. The monoisotopic (exact) mass is 700 g/mol. The van der Waals surface area contributed by atoms with Crippen LogP contribution in [0.3, 0.4) is 0 Å². The molecule has 9 heteroatoms. The molecule has 1 aliphatic heterocycles. The number of halogens is 2. The second-order valence-corrected chi connectivity index (χ2v) is 12.7. The number of hydrogen-bond acceptors (Lipinski definition) is 6. The molecule has 3 unspecified atom stereocenters. The molecule has 1 saturated heterocycles. The van der Waals surface area contributed by atoms with Crippen molar-refractivity contribution in [2.75, 3.05) is 11.5 Å². The maximum Gasteiger partial charge on any atom is 0.339 e. The Bertz CT molecular complexity index is 1830. The van der Waals surface area contributed by atoms with E-state index >= 15 is 0 Å². The van der Waals surface area contributed by atoms with Gasteiger partial charge in [0.2, 0.25) is 11.8 Å². The summed E-state index contributed by atoms with van der Waals surface area (Å²) in [6.45, 7) is 3.46. The molecule has 216 valence electrons. The number of carbonyl (C=O) groups excluding carboxylic acids is 4. The predicted octanol–water partition coefficient (Wildman–Crippen LogP) is 7.48. The van der Waals surface area contributed by atoms with E-state index < -0.39 is 12.6 Å². The summed E-state index contributed by atoms with van der Waals surface area (Å²) in [6, 6.07) is 19.2. The molecule has 2 aliphatic rings. The fourth-order valence-electron chi connectivity index (χ4n) is 5.88. The van der Waals surface area contributed by atoms with Crippen molar-refractivity contribution in [2.45, 2.75) is 20.3 Å². The molecule has 4 aromatic rings. The molecule has 1 aromatic heterocycles. The SMILES string of the molecule is Cc1cc(Br)cc2c(C(=O)OCC(=O)c3ccc(Br)cc3)cc(-c3ccc(N4C(=O)C5CC=CC(C)C5C4=O)cc3)nc12. The maximum atomic E-state index is 13.4. The van der Waals surface area contributed by atoms with Gasteiger partial charge in [-0.25, -0.2) is 9.78 Å². The number of pyridine rings is 1. The second kappa shape index (κ2) is 11.6. The number of Topliss-reactive ketones (excluding diaryl/α,β-unsaturated/α-hetero) is 1. The molecule has 43 heavy (non-hydrogen) atoms. The van der Waals surface area contributed by atoms with Crippen LogP contribution in [-0.4, -0.2) is 35.2 Å². The molecule has 0 saturated carbocycles. The minimum atomic E-state index is -0.646. The summed E-state index contributed by atoms with van der Waals surface area (Å²) in [5.74, 6) is -1.98. The van der Waals surface area contributed by atoms with Crippen LogP contribution in [0.25, 0.3) is 22.2 Å². The molecule has 2 amide bonds. The first-order valence-corrected chi connectivity index (χ1v) is 15.4. The van der Waals surface area contributed by atoms with Gasteiger partial charge < -0.3 is 4.74 Å². The number of aromatic nitrogens is 1. The van der Waals surface area contributed by atoms with E-state index in [0.717, 1.165) is 14.5 Å². The number of aryl methyl sites for hydroxylation is 1. The van der Waals surface area contributed by atoms with Crippen LogP contribution in [0.2, 0.25) is 0 Å². The molecule has 0 bridgehead atoms. The van der Waals surface area contributed by atoms with Gasteiger partial charge >= 0.3 is 5.97 Å². The molecule has 1 aliphatic carbocycles. The van der Waals surface area contributed by atoms with E-state index in [1.807, 2.05) is 32.1 Å². The number of hydrogen-bond donors (Lipinski definition) is 0. The summed E-state index contributed by atoms with van der Waals surface area (Å²) in [7, 11) is 0. The molecule has 0 spiro atoms. The van der Waals surface area contributed by atoms with Gasteiger partial charge in [-0.1, -0.05) is 75.2 Å². The highest BCUT2D eigenvalue weighted by Gasteiger charge is 2.50. The normalized spacial score (nSPS) is 19.5. The van der Waals surface area contributed by atoms with E-state index in [1.54, 1.807) is 60.7 Å². The number of carbonyl (C=O) groups is 4. The topological polar surface area (TPSA) is 93.6 Å². The number of benzene rings is 3. The van der Waals surface area contributed by atoms with Gasteiger partial charge in [0.15, 0.2) is 12.4 Å². The lowest BCUT2D eigenvalue weighted by Crippen LogP contribution is -2.31. The van der Waals surface area contributed by atoms with E-state index in [2.05, 4.69) is 31.9 Å². The van der Waals surface area contributed by atoms with Crippen molar-refractivity contribution in [3.63, 3.8) is 0 Å². The highest BCUT2D eigenvalue weighted by Crippen LogP contribution is 2.41. The smallest absolute Gasteiger partial charge is 0.339 e. The summed E-state index contributed by atoms with van der Waals surface area (Å²) in [5.41, 5.74) is 3.89. The van der Waals surface area contributed by atoms with Crippen molar-refractivity contribution < 1.29 is 23.9 Å². The summed E-state index contributed by atoms with van der Waals surface area (Å²) >= 11 is 6.85. The highest BCUT2D eigenvalue weighted by atomic mass is 79.9. The van der Waals surface area contributed by atoms with Gasteiger partial charge in [-0.05, 0) is 67.3 Å². The van der Waals surface area contributed by atoms with E-state index in [1.165, 1.54) is 4.90 Å². The van der Waals surface area contributed by atoms with Crippen molar-refractivity contribution >= 4 is 72.0 Å². The zero-order chi connectivity index (χ0) is 30.4. The number of anilines is 1. The number of allylic oxidation sites excluding steroid dienone is 2. The highest BCUT2D eigenvalue weighted by molar-refractivity contribution is 9.10. The van der Waals surface area contributed by atoms with Gasteiger partial charge in [-0.2, -0.15) is 0 Å². The largest absolute Gasteiger partial charge is 0.454 e. The molecular weight excluding hydrogens is 676 g/mol. The third-order valence-corrected chi connectivity index (χ3v) is 9.07. The molecular formula is C34H26Br2N2O5. The molecule has 0 N–H and O–H groups in total. The number of imide groups is 1. The van der Waals surface area contributed by atoms with Crippen LogP contribution in [0.4, 0.5) is 5.69 Å². The number of ketones is 1. The number of amides is 2. The van der Waals surface area contributed by atoms with Crippen molar-refractivity contribution in [2.24, 2.45) is 17.8 Å². The molecule has 1 fully saturated rings. The first kappa shape index (κ1) is 29.1. The minimum Gasteiger partial charge on any atom is -0.454 e. The van der Waals surface area contributed by atoms with Gasteiger partial charge in [0, 0.05) is 25.5 Å². The predicted molar refractivity (Wildman–Crippen MR) is 171 cm³/mol. The molecule has 3 aromatic carbocycles. The fraction of sp³-hybridized carbons (Fsp3) is 0.206. The lowest BCUT2D eigenvalue weighted by Gasteiger charge is -2.22. The first-order valence-electron chi connectivity index (χ1n) is 13.8. The van der Waals surface area contributed by atoms with Gasteiger partial charge in [-0.15, -0.1) is 0 Å². The molecule has 3 atom stereocenters. The van der Waals surface area contributed by atoms with Crippen molar-refractivity contribution in [3.8, 4) is 11.3 Å². The van der Waals surface area contributed by atoms with Crippen LogP contribution >= 0.6 is 31.9 Å². The van der Waals surface area contributed by atoms with Crippen LogP contribution < -0.4 is 4.90 Å². The summed E-state index contributed by atoms with van der Waals surface area (Å²) in [4.78, 5) is 58.6. The Labute approximate surface area is 265 Å². The lowest BCUT2D eigenvalue weighted by atomic mass is 9.78. The number of esters is 1. The Morgan fingerprint density at radius 2 is 1.67 bits per heavy atom. The van der Waals surface area contributed by atoms with E-state index in [-0.39, 0.29) is 40.9 Å². The van der Waals surface area contributed by atoms with Crippen molar-refractivity contribution in [3.05, 3.63) is 105 Å². The van der Waals surface area contributed by atoms with Crippen LogP contribution in [0.15, 0.2) is 87.8 Å². The Morgan fingerprint density at radius 3 is 2.37 bits per heavy atom. The average Bonchev–Trinajstić information content (AvgIpc) is 3.25. The van der Waals surface area contributed by atoms with Gasteiger partial charge in [0.05, 0.1) is 34.3 Å². The summed E-state index contributed by atoms with van der Waals surface area (Å²) in [6.07, 6.45) is 4.55. The fourth-order valence-corrected chi connectivity index (χ4v) is 6.72. The van der Waals surface area contributed by atoms with E-state index in [0.29, 0.717) is 39.8 Å². The van der Waals surface area contributed by atoms with Crippen molar-refractivity contribution in [1.82, 2.24) is 4.98 Å². The van der Waals surface area contributed by atoms with Crippen LogP contribution in [0.1, 0.15) is 39.6 Å². The van der Waals surface area contributed by atoms with E-state index in [9.17, 15) is 19.2 Å². The molecule has 2 heterocycles. The molecule has 0 radical (unpaired) electrons. The Balaban J connectivity index is 1.31. The minimum absolute atomic E-state index is 0.00730. The third kappa shape index (κ3) is 5.47. The van der Waals surface area contributed by atoms with Gasteiger partial charge in [-0.3, -0.25) is 19.3 Å². The van der Waals surface area contributed by atoms with E-state index in [4.69, 9.17) is 9.72 Å². The summed E-state index contributed by atoms with van der Waals surface area (Å²) < 4.78 is 7.11. The number of ether oxygens (including phenoxy) is 1. The number of nitrogens with zero attached hydrogens (tertiary/aromatic N) is 2. The number of fused-ring (bicyclic) bond motifs is 2. The zero-order valence-corrected chi connectivity index (χ0v) is 26.5. The molecule has 7 nitrogen and oxygen atoms in total. The summed E-state index contributed by atoms with van der Waals surface area (Å²) in [5, 5.41) is 0.590. The number of rotatable bonds is 6. The van der Waals surface area contributed by atoms with Gasteiger partial charge in [0.1, 0.15) is 0 Å².